The van der Waals surface area contributed by atoms with Gasteiger partial charge < -0.3 is 4.57 Å². The number of aromatic nitrogens is 1. The fourth-order valence-electron chi connectivity index (χ4n) is 3.47. The van der Waals surface area contributed by atoms with Gasteiger partial charge in [0.2, 0.25) is 0 Å². The Morgan fingerprint density at radius 1 is 0.720 bits per heavy atom. The molecule has 0 aliphatic rings. The van der Waals surface area contributed by atoms with Crippen LogP contribution in [0.15, 0.2) is 79.0 Å². The first-order valence-electron chi connectivity index (χ1n) is 8.18. The van der Waals surface area contributed by atoms with Gasteiger partial charge in [0.1, 0.15) is 11.6 Å². The molecule has 0 fully saturated rings. The molecule has 0 atom stereocenters. The van der Waals surface area contributed by atoms with Crippen LogP contribution in [0.3, 0.4) is 0 Å². The second-order valence-electron chi connectivity index (χ2n) is 6.25. The minimum Gasteiger partial charge on any atom is -0.350 e. The molecule has 4 rings (SSSR count). The lowest BCUT2D eigenvalue weighted by atomic mass is 9.85. The van der Waals surface area contributed by atoms with Crippen LogP contribution in [0.1, 0.15) is 22.6 Å². The van der Waals surface area contributed by atoms with Gasteiger partial charge in [0.05, 0.1) is 0 Å². The Morgan fingerprint density at radius 3 is 1.80 bits per heavy atom. The van der Waals surface area contributed by atoms with E-state index in [1.807, 2.05) is 19.2 Å². The van der Waals surface area contributed by atoms with Crippen molar-refractivity contribution in [3.63, 3.8) is 0 Å². The van der Waals surface area contributed by atoms with Crippen molar-refractivity contribution >= 4 is 10.9 Å². The van der Waals surface area contributed by atoms with Crippen molar-refractivity contribution in [2.24, 2.45) is 7.05 Å². The van der Waals surface area contributed by atoms with Crippen LogP contribution < -0.4 is 0 Å². The Morgan fingerprint density at radius 2 is 1.24 bits per heavy atom. The summed E-state index contributed by atoms with van der Waals surface area (Å²) in [6, 6.07) is 21.2. The summed E-state index contributed by atoms with van der Waals surface area (Å²) >= 11 is 0. The zero-order chi connectivity index (χ0) is 17.4. The second-order valence-corrected chi connectivity index (χ2v) is 6.25. The monoisotopic (exact) mass is 333 g/mol. The highest BCUT2D eigenvalue weighted by atomic mass is 19.1. The van der Waals surface area contributed by atoms with E-state index in [0.29, 0.717) is 0 Å². The number of aryl methyl sites for hydroxylation is 1. The third-order valence-corrected chi connectivity index (χ3v) is 4.65. The number of hydrogen-bond acceptors (Lipinski definition) is 0. The molecule has 0 spiro atoms. The lowest BCUT2D eigenvalue weighted by Crippen LogP contribution is -2.03. The average molecular weight is 333 g/mol. The Kier molecular flexibility index (Phi) is 3.85. The number of rotatable bonds is 3. The highest BCUT2D eigenvalue weighted by Gasteiger charge is 2.21. The normalized spacial score (nSPS) is 11.4. The Bertz CT molecular complexity index is 969. The molecule has 0 saturated heterocycles. The molecule has 4 aromatic rings. The van der Waals surface area contributed by atoms with E-state index in [4.69, 9.17) is 0 Å². The standard InChI is InChI=1S/C22H17F2N/c1-25-14-20(19-4-2-3-5-21(19)25)22(15-6-10-17(23)11-7-15)16-8-12-18(24)13-9-16/h2-14,22H,1H3. The van der Waals surface area contributed by atoms with Gasteiger partial charge in [-0.15, -0.1) is 0 Å². The number of nitrogens with zero attached hydrogens (tertiary/aromatic N) is 1. The van der Waals surface area contributed by atoms with E-state index in [0.717, 1.165) is 27.6 Å². The van der Waals surface area contributed by atoms with E-state index in [1.165, 1.54) is 24.3 Å². The predicted octanol–water partition coefficient (Wildman–Crippen LogP) is 5.64. The van der Waals surface area contributed by atoms with E-state index in [2.05, 4.69) is 22.9 Å². The molecular formula is C22H17F2N. The molecule has 0 unspecified atom stereocenters. The molecule has 1 aromatic heterocycles. The fourth-order valence-corrected chi connectivity index (χ4v) is 3.47. The summed E-state index contributed by atoms with van der Waals surface area (Å²) in [7, 11) is 2.01. The molecule has 0 saturated carbocycles. The van der Waals surface area contributed by atoms with Crippen LogP contribution in [0.25, 0.3) is 10.9 Å². The van der Waals surface area contributed by atoms with E-state index < -0.39 is 0 Å². The van der Waals surface area contributed by atoms with Crippen LogP contribution in [0, 0.1) is 11.6 Å². The number of fused-ring (bicyclic) bond motifs is 1. The molecule has 3 heteroatoms. The Hall–Kier alpha value is -2.94. The number of hydrogen-bond donors (Lipinski definition) is 0. The van der Waals surface area contributed by atoms with Crippen LogP contribution in [0.4, 0.5) is 8.78 Å². The first-order chi connectivity index (χ1) is 12.1. The average Bonchev–Trinajstić information content (AvgIpc) is 2.96. The second kappa shape index (κ2) is 6.17. The van der Waals surface area contributed by atoms with Gasteiger partial charge in [0, 0.05) is 30.1 Å². The topological polar surface area (TPSA) is 4.93 Å². The summed E-state index contributed by atoms with van der Waals surface area (Å²) in [6.07, 6.45) is 2.10. The summed E-state index contributed by atoms with van der Waals surface area (Å²) in [4.78, 5) is 0. The summed E-state index contributed by atoms with van der Waals surface area (Å²) in [5.74, 6) is -0.619. The summed E-state index contributed by atoms with van der Waals surface area (Å²) in [6.45, 7) is 0. The molecule has 25 heavy (non-hydrogen) atoms. The van der Waals surface area contributed by atoms with Crippen LogP contribution in [-0.4, -0.2) is 4.57 Å². The van der Waals surface area contributed by atoms with Crippen molar-refractivity contribution < 1.29 is 8.78 Å². The number of halogens is 2. The van der Waals surface area contributed by atoms with Crippen molar-refractivity contribution in [3.05, 3.63) is 107 Å². The molecule has 3 aromatic carbocycles. The number of para-hydroxylation sites is 1. The predicted molar refractivity (Wildman–Crippen MR) is 96.7 cm³/mol. The molecule has 0 amide bonds. The molecule has 124 valence electrons. The first-order valence-corrected chi connectivity index (χ1v) is 8.18. The van der Waals surface area contributed by atoms with Crippen LogP contribution in [0.2, 0.25) is 0 Å². The molecular weight excluding hydrogens is 316 g/mol. The maximum Gasteiger partial charge on any atom is 0.123 e. The van der Waals surface area contributed by atoms with Gasteiger partial charge in [0.15, 0.2) is 0 Å². The Balaban J connectivity index is 1.96. The van der Waals surface area contributed by atoms with E-state index in [-0.39, 0.29) is 17.6 Å². The third kappa shape index (κ3) is 2.82. The zero-order valence-corrected chi connectivity index (χ0v) is 13.8. The molecule has 1 nitrogen and oxygen atoms in total. The molecule has 0 radical (unpaired) electrons. The van der Waals surface area contributed by atoms with Gasteiger partial charge in [-0.1, -0.05) is 42.5 Å². The van der Waals surface area contributed by atoms with Crippen molar-refractivity contribution in [2.45, 2.75) is 5.92 Å². The van der Waals surface area contributed by atoms with Crippen molar-refractivity contribution in [2.75, 3.05) is 0 Å². The van der Waals surface area contributed by atoms with Gasteiger partial charge >= 0.3 is 0 Å². The maximum absolute atomic E-state index is 13.4. The van der Waals surface area contributed by atoms with E-state index in [9.17, 15) is 8.78 Å². The van der Waals surface area contributed by atoms with Gasteiger partial charge in [-0.2, -0.15) is 0 Å². The first kappa shape index (κ1) is 15.6. The highest BCUT2D eigenvalue weighted by Crippen LogP contribution is 2.37. The van der Waals surface area contributed by atoms with E-state index in [1.54, 1.807) is 24.3 Å². The van der Waals surface area contributed by atoms with Crippen molar-refractivity contribution in [1.82, 2.24) is 4.57 Å². The quantitative estimate of drug-likeness (QED) is 0.457. The highest BCUT2D eigenvalue weighted by molar-refractivity contribution is 5.85. The number of benzene rings is 3. The summed E-state index contributed by atoms with van der Waals surface area (Å²) in [5, 5.41) is 1.14. The zero-order valence-electron chi connectivity index (χ0n) is 13.8. The van der Waals surface area contributed by atoms with Crippen LogP contribution in [-0.2, 0) is 7.05 Å². The van der Waals surface area contributed by atoms with Crippen molar-refractivity contribution in [3.8, 4) is 0 Å². The smallest absolute Gasteiger partial charge is 0.123 e. The minimum absolute atomic E-state index is 0.0905. The lowest BCUT2D eigenvalue weighted by molar-refractivity contribution is 0.626. The molecule has 0 bridgehead atoms. The molecule has 0 N–H and O–H groups in total. The molecule has 0 aliphatic carbocycles. The van der Waals surface area contributed by atoms with Gasteiger partial charge in [0.25, 0.3) is 0 Å². The van der Waals surface area contributed by atoms with Gasteiger partial charge in [-0.25, -0.2) is 8.78 Å². The SMILES string of the molecule is Cn1cc(C(c2ccc(F)cc2)c2ccc(F)cc2)c2ccccc21. The van der Waals surface area contributed by atoms with Crippen molar-refractivity contribution in [1.29, 1.82) is 0 Å². The Labute approximate surface area is 145 Å². The fraction of sp³-hybridized carbons (Fsp3) is 0.0909. The lowest BCUT2D eigenvalue weighted by Gasteiger charge is -2.18. The van der Waals surface area contributed by atoms with Gasteiger partial charge in [-0.05, 0) is 47.0 Å². The summed E-state index contributed by atoms with van der Waals surface area (Å²) < 4.78 is 28.9. The van der Waals surface area contributed by atoms with Gasteiger partial charge in [-0.3, -0.25) is 0 Å². The van der Waals surface area contributed by atoms with Crippen LogP contribution >= 0.6 is 0 Å². The summed E-state index contributed by atoms with van der Waals surface area (Å²) in [5.41, 5.74) is 4.21. The maximum atomic E-state index is 13.4. The molecule has 1 heterocycles. The van der Waals surface area contributed by atoms with E-state index >= 15 is 0 Å². The molecule has 0 aliphatic heterocycles. The van der Waals surface area contributed by atoms with Crippen LogP contribution in [0.5, 0.6) is 0 Å². The third-order valence-electron chi connectivity index (χ3n) is 4.65. The minimum atomic E-state index is -0.264. The largest absolute Gasteiger partial charge is 0.350 e.